The van der Waals surface area contributed by atoms with Crippen LogP contribution < -0.4 is 21.5 Å². The summed E-state index contributed by atoms with van der Waals surface area (Å²) in [6.07, 6.45) is -1.73. The summed E-state index contributed by atoms with van der Waals surface area (Å²) in [5, 5.41) is 10.7. The van der Waals surface area contributed by atoms with Crippen LogP contribution in [0.4, 0.5) is 27.8 Å². The van der Waals surface area contributed by atoms with E-state index in [4.69, 9.17) is 25.7 Å². The molecule has 1 aromatic heterocycles. The van der Waals surface area contributed by atoms with Crippen LogP contribution in [0.2, 0.25) is 0 Å². The number of carbonyl (C=O) groups is 2. The van der Waals surface area contributed by atoms with Gasteiger partial charge in [-0.3, -0.25) is 4.79 Å². The number of nitrogens with one attached hydrogen (secondary N) is 1. The van der Waals surface area contributed by atoms with Crippen LogP contribution in [0.25, 0.3) is 0 Å². The van der Waals surface area contributed by atoms with Gasteiger partial charge in [0.1, 0.15) is 17.2 Å². The van der Waals surface area contributed by atoms with Gasteiger partial charge in [0.15, 0.2) is 11.6 Å². The van der Waals surface area contributed by atoms with Gasteiger partial charge in [0, 0.05) is 6.92 Å². The Kier molecular flexibility index (Phi) is 7.86. The van der Waals surface area contributed by atoms with Crippen molar-refractivity contribution in [3.63, 3.8) is 0 Å². The van der Waals surface area contributed by atoms with Crippen molar-refractivity contribution in [3.8, 4) is 5.75 Å². The third-order valence-corrected chi connectivity index (χ3v) is 3.30. The Morgan fingerprint density at radius 1 is 1.17 bits per heavy atom. The zero-order valence-corrected chi connectivity index (χ0v) is 16.0. The minimum Gasteiger partial charge on any atom is -0.453 e. The van der Waals surface area contributed by atoms with Crippen LogP contribution in [0.3, 0.4) is 0 Å². The minimum absolute atomic E-state index is 0.0704. The van der Waals surface area contributed by atoms with E-state index in [9.17, 15) is 9.59 Å². The van der Waals surface area contributed by atoms with E-state index in [-0.39, 0.29) is 24.8 Å². The maximum Gasteiger partial charge on any atom is 0.511 e. The Hall–Kier alpha value is -3.73. The summed E-state index contributed by atoms with van der Waals surface area (Å²) in [5.74, 6) is 0.273. The maximum atomic E-state index is 11.4. The average molecular weight is 402 g/mol. The van der Waals surface area contributed by atoms with Crippen molar-refractivity contribution in [3.05, 3.63) is 36.4 Å². The molecule has 0 fully saturated rings. The molecule has 29 heavy (non-hydrogen) atoms. The van der Waals surface area contributed by atoms with Gasteiger partial charge in [-0.25, -0.2) is 9.78 Å². The zero-order valence-electron chi connectivity index (χ0n) is 16.0. The zero-order chi connectivity index (χ0) is 21.2. The average Bonchev–Trinajstić information content (AvgIpc) is 2.68. The third-order valence-electron chi connectivity index (χ3n) is 3.30. The molecule has 0 radical (unpaired) electrons. The first-order valence-corrected chi connectivity index (χ1v) is 8.70. The summed E-state index contributed by atoms with van der Waals surface area (Å²) >= 11 is 0. The molecule has 11 nitrogen and oxygen atoms in total. The van der Waals surface area contributed by atoms with Crippen molar-refractivity contribution in [1.29, 1.82) is 0 Å². The Morgan fingerprint density at radius 2 is 1.90 bits per heavy atom. The number of ether oxygens (including phenoxy) is 3. The number of rotatable bonds is 8. The van der Waals surface area contributed by atoms with Crippen molar-refractivity contribution in [2.24, 2.45) is 16.0 Å². The molecule has 1 atom stereocenters. The molecule has 2 aromatic rings. The Bertz CT molecular complexity index is 889. The molecule has 0 aliphatic heterocycles. The molecule has 0 saturated carbocycles. The predicted octanol–water partition coefficient (Wildman–Crippen LogP) is 2.87. The van der Waals surface area contributed by atoms with Gasteiger partial charge in [-0.05, 0) is 31.2 Å². The summed E-state index contributed by atoms with van der Waals surface area (Å²) in [5.41, 5.74) is 11.8. The quantitative estimate of drug-likeness (QED) is 0.344. The van der Waals surface area contributed by atoms with E-state index in [1.165, 1.54) is 6.07 Å². The molecule has 0 bridgehead atoms. The molecular formula is C18H22N6O5. The molecule has 1 aromatic carbocycles. The van der Waals surface area contributed by atoms with E-state index in [0.717, 1.165) is 0 Å². The summed E-state index contributed by atoms with van der Waals surface area (Å²) in [4.78, 5) is 26.7. The Balaban J connectivity index is 2.11. The summed E-state index contributed by atoms with van der Waals surface area (Å²) in [6, 6.07) is 9.85. The largest absolute Gasteiger partial charge is 0.511 e. The number of nitrogens with zero attached hydrogens (tertiary/aromatic N) is 3. The summed E-state index contributed by atoms with van der Waals surface area (Å²) in [7, 11) is 0. The van der Waals surface area contributed by atoms with Gasteiger partial charge in [0.25, 0.3) is 0 Å². The Morgan fingerprint density at radius 3 is 2.59 bits per heavy atom. The first-order chi connectivity index (χ1) is 13.9. The van der Waals surface area contributed by atoms with Gasteiger partial charge < -0.3 is 31.0 Å². The molecule has 1 heterocycles. The minimum atomic E-state index is -0.900. The standard InChI is InChI=1S/C18H22N6O5/c1-3-27-18(26)29-11(2)28-14-7-5-4-6-12(14)23-24-13-8-9-15(22-17(13)20)21-16(25)10-19/h4-9,11H,3,10,19H2,1-2H3,(H3,20,21,22,25)/b24-23+. The second-order valence-corrected chi connectivity index (χ2v) is 5.51. The molecule has 0 spiro atoms. The molecule has 1 amide bonds. The van der Waals surface area contributed by atoms with Crippen LogP contribution in [0.5, 0.6) is 5.75 Å². The number of anilines is 2. The topological polar surface area (TPSA) is 164 Å². The van der Waals surface area contributed by atoms with Gasteiger partial charge in [-0.1, -0.05) is 12.1 Å². The van der Waals surface area contributed by atoms with Crippen LogP contribution in [0.1, 0.15) is 13.8 Å². The Labute approximate surface area is 167 Å². The van der Waals surface area contributed by atoms with E-state index in [0.29, 0.717) is 17.1 Å². The second kappa shape index (κ2) is 10.6. The van der Waals surface area contributed by atoms with Crippen molar-refractivity contribution in [1.82, 2.24) is 4.98 Å². The molecule has 2 rings (SSSR count). The van der Waals surface area contributed by atoms with Gasteiger partial charge in [-0.2, -0.15) is 0 Å². The van der Waals surface area contributed by atoms with Crippen LogP contribution >= 0.6 is 0 Å². The van der Waals surface area contributed by atoms with E-state index >= 15 is 0 Å². The fraction of sp³-hybridized carbons (Fsp3) is 0.278. The summed E-state index contributed by atoms with van der Waals surface area (Å²) < 4.78 is 15.2. The fourth-order valence-corrected chi connectivity index (χ4v) is 2.05. The number of pyridine rings is 1. The lowest BCUT2D eigenvalue weighted by atomic mass is 10.3. The van der Waals surface area contributed by atoms with E-state index < -0.39 is 18.4 Å². The van der Waals surface area contributed by atoms with E-state index in [1.807, 2.05) is 0 Å². The van der Waals surface area contributed by atoms with Crippen molar-refractivity contribution >= 4 is 35.1 Å². The highest BCUT2D eigenvalue weighted by Crippen LogP contribution is 2.31. The lowest BCUT2D eigenvalue weighted by Crippen LogP contribution is -2.22. The molecule has 0 saturated heterocycles. The second-order valence-electron chi connectivity index (χ2n) is 5.51. The van der Waals surface area contributed by atoms with Gasteiger partial charge in [0.05, 0.1) is 13.2 Å². The molecule has 154 valence electrons. The number of amides is 1. The lowest BCUT2D eigenvalue weighted by molar-refractivity contribution is -0.114. The highest BCUT2D eigenvalue weighted by atomic mass is 16.8. The smallest absolute Gasteiger partial charge is 0.453 e. The highest BCUT2D eigenvalue weighted by Gasteiger charge is 2.13. The number of benzene rings is 1. The first-order valence-electron chi connectivity index (χ1n) is 8.70. The predicted molar refractivity (Wildman–Crippen MR) is 105 cm³/mol. The van der Waals surface area contributed by atoms with E-state index in [2.05, 4.69) is 20.5 Å². The van der Waals surface area contributed by atoms with Crippen molar-refractivity contribution < 1.29 is 23.8 Å². The molecule has 11 heteroatoms. The number of para-hydroxylation sites is 1. The number of nitrogens with two attached hydrogens (primary N) is 2. The molecular weight excluding hydrogens is 380 g/mol. The number of hydrogen-bond donors (Lipinski definition) is 3. The normalized spacial score (nSPS) is 11.7. The number of hydrogen-bond acceptors (Lipinski definition) is 10. The first kappa shape index (κ1) is 21.6. The monoisotopic (exact) mass is 402 g/mol. The van der Waals surface area contributed by atoms with Crippen LogP contribution in [0, 0.1) is 0 Å². The van der Waals surface area contributed by atoms with Crippen LogP contribution in [0.15, 0.2) is 46.6 Å². The van der Waals surface area contributed by atoms with Gasteiger partial charge >= 0.3 is 6.16 Å². The fourth-order valence-electron chi connectivity index (χ4n) is 2.05. The molecule has 0 aliphatic carbocycles. The van der Waals surface area contributed by atoms with Crippen molar-refractivity contribution in [2.45, 2.75) is 20.1 Å². The molecule has 5 N–H and O–H groups in total. The maximum absolute atomic E-state index is 11.4. The van der Waals surface area contributed by atoms with Gasteiger partial charge in [0.2, 0.25) is 12.2 Å². The van der Waals surface area contributed by atoms with Crippen LogP contribution in [-0.4, -0.2) is 36.5 Å². The SMILES string of the molecule is CCOC(=O)OC(C)Oc1ccccc1/N=N/c1ccc(NC(=O)CN)nc1N. The van der Waals surface area contributed by atoms with E-state index in [1.54, 1.807) is 44.2 Å². The molecule has 1 unspecified atom stereocenters. The molecule has 0 aliphatic rings. The van der Waals surface area contributed by atoms with Gasteiger partial charge in [-0.15, -0.1) is 10.2 Å². The number of nitrogen functional groups attached to an aromatic ring is 1. The lowest BCUT2D eigenvalue weighted by Gasteiger charge is -2.15. The number of carbonyl (C=O) groups excluding carboxylic acids is 2. The summed E-state index contributed by atoms with van der Waals surface area (Å²) in [6.45, 7) is 3.24. The highest BCUT2D eigenvalue weighted by molar-refractivity contribution is 5.91. The van der Waals surface area contributed by atoms with Crippen LogP contribution in [-0.2, 0) is 14.3 Å². The number of aromatic nitrogens is 1. The third kappa shape index (κ3) is 6.74. The van der Waals surface area contributed by atoms with Crippen molar-refractivity contribution in [2.75, 3.05) is 24.2 Å². The number of azo groups is 1.